The number of hydrogen-bond donors (Lipinski definition) is 5. The van der Waals surface area contributed by atoms with E-state index in [1.165, 1.54) is 11.3 Å². The second-order valence-electron chi connectivity index (χ2n) is 7.84. The summed E-state index contributed by atoms with van der Waals surface area (Å²) in [6.07, 6.45) is 0.353. The summed E-state index contributed by atoms with van der Waals surface area (Å²) in [6, 6.07) is 15.4. The Morgan fingerprint density at radius 3 is 2.47 bits per heavy atom. The molecule has 2 aromatic carbocycles. The number of hydrogen-bond acceptors (Lipinski definition) is 8. The molecule has 1 aromatic heterocycles. The molecule has 0 saturated carbocycles. The van der Waals surface area contributed by atoms with E-state index in [2.05, 4.69) is 20.3 Å². The number of aromatic nitrogens is 1. The van der Waals surface area contributed by atoms with Gasteiger partial charge in [0.2, 0.25) is 5.91 Å². The van der Waals surface area contributed by atoms with Crippen LogP contribution in [0.3, 0.4) is 0 Å². The van der Waals surface area contributed by atoms with Gasteiger partial charge in [-0.15, -0.1) is 11.3 Å². The van der Waals surface area contributed by atoms with Crippen molar-refractivity contribution in [3.8, 4) is 11.3 Å². The highest BCUT2D eigenvalue weighted by atomic mass is 32.2. The van der Waals surface area contributed by atoms with Gasteiger partial charge in [-0.05, 0) is 37.0 Å². The molecular formula is C23H28N6O5S2. The zero-order valence-corrected chi connectivity index (χ0v) is 21.0. The molecule has 3 rings (SSSR count). The molecule has 0 unspecified atom stereocenters. The Bertz CT molecular complexity index is 1250. The van der Waals surface area contributed by atoms with Crippen LogP contribution in [-0.2, 0) is 26.3 Å². The van der Waals surface area contributed by atoms with Gasteiger partial charge in [-0.3, -0.25) is 4.79 Å². The molecule has 0 bridgehead atoms. The van der Waals surface area contributed by atoms with Crippen LogP contribution in [0.1, 0.15) is 24.8 Å². The molecule has 36 heavy (non-hydrogen) atoms. The lowest BCUT2D eigenvalue weighted by Crippen LogP contribution is -2.44. The topological polar surface area (TPSA) is 179 Å². The van der Waals surface area contributed by atoms with E-state index in [0.717, 1.165) is 11.1 Å². The number of ether oxygens (including phenoxy) is 1. The zero-order chi connectivity index (χ0) is 26.0. The first kappa shape index (κ1) is 27.1. The van der Waals surface area contributed by atoms with E-state index >= 15 is 0 Å². The molecule has 1 heterocycles. The van der Waals surface area contributed by atoms with Crippen molar-refractivity contribution in [3.63, 3.8) is 0 Å². The van der Waals surface area contributed by atoms with Crippen LogP contribution >= 0.6 is 11.3 Å². The first-order valence-electron chi connectivity index (χ1n) is 11.1. The Hall–Kier alpha value is -3.52. The molecule has 0 aliphatic rings. The summed E-state index contributed by atoms with van der Waals surface area (Å²) in [5.74, 6) is -0.468. The number of unbranched alkanes of at least 4 members (excludes halogenated alkanes) is 1. The third-order valence-corrected chi connectivity index (χ3v) is 6.35. The van der Waals surface area contributed by atoms with Crippen molar-refractivity contribution in [2.45, 2.75) is 31.9 Å². The standard InChI is InChI=1S/C23H28N6O5S2/c24-18-11-9-17(10-12-18)20-15-35-22(27-20)29-21(30)19(8-4-5-13-26-36(25,32)33)28-23(31)34-14-16-6-2-1-3-7-16/h1-3,6-7,9-12,15,19,26H,4-5,8,13-14,24H2,(H,28,31)(H2,25,32,33)(H,27,29,30)/t19-/m0/s1. The van der Waals surface area contributed by atoms with Gasteiger partial charge >= 0.3 is 6.09 Å². The number of nitrogens with zero attached hydrogens (tertiary/aromatic N) is 1. The Labute approximate surface area is 213 Å². The van der Waals surface area contributed by atoms with Crippen LogP contribution in [0.15, 0.2) is 60.0 Å². The number of anilines is 2. The molecule has 2 amide bonds. The molecule has 0 aliphatic carbocycles. The fourth-order valence-corrected chi connectivity index (χ4v) is 4.33. The Balaban J connectivity index is 1.60. The Morgan fingerprint density at radius 1 is 1.06 bits per heavy atom. The van der Waals surface area contributed by atoms with Crippen molar-refractivity contribution in [1.29, 1.82) is 0 Å². The maximum absolute atomic E-state index is 13.0. The van der Waals surface area contributed by atoms with Crippen molar-refractivity contribution >= 4 is 44.4 Å². The van der Waals surface area contributed by atoms with E-state index in [4.69, 9.17) is 15.6 Å². The van der Waals surface area contributed by atoms with E-state index in [1.807, 2.05) is 42.5 Å². The number of alkyl carbamates (subject to hydrolysis) is 1. The predicted molar refractivity (Wildman–Crippen MR) is 139 cm³/mol. The molecule has 0 aliphatic heterocycles. The molecule has 1 atom stereocenters. The number of nitrogen functional groups attached to an aromatic ring is 1. The minimum absolute atomic E-state index is 0.0523. The van der Waals surface area contributed by atoms with Gasteiger partial charge in [-0.2, -0.15) is 8.42 Å². The fourth-order valence-electron chi connectivity index (χ4n) is 3.17. The highest BCUT2D eigenvalue weighted by molar-refractivity contribution is 7.87. The minimum Gasteiger partial charge on any atom is -0.445 e. The average molecular weight is 533 g/mol. The molecule has 13 heteroatoms. The molecule has 0 saturated heterocycles. The van der Waals surface area contributed by atoms with Gasteiger partial charge in [0.05, 0.1) is 5.69 Å². The largest absolute Gasteiger partial charge is 0.445 e. The SMILES string of the molecule is Nc1ccc(-c2csc(NC(=O)[C@H](CCCCNS(N)(=O)=O)NC(=O)OCc3ccccc3)n2)cc1. The predicted octanol–water partition coefficient (Wildman–Crippen LogP) is 2.59. The molecule has 192 valence electrons. The summed E-state index contributed by atoms with van der Waals surface area (Å²) in [5.41, 5.74) is 8.69. The van der Waals surface area contributed by atoms with Gasteiger partial charge in [0.1, 0.15) is 12.6 Å². The summed E-state index contributed by atoms with van der Waals surface area (Å²) in [6.45, 7) is 0.166. The van der Waals surface area contributed by atoms with Crippen molar-refractivity contribution in [2.24, 2.45) is 5.14 Å². The van der Waals surface area contributed by atoms with Gasteiger partial charge in [0, 0.05) is 23.2 Å². The molecule has 0 fully saturated rings. The molecule has 7 N–H and O–H groups in total. The number of benzene rings is 2. The molecule has 11 nitrogen and oxygen atoms in total. The van der Waals surface area contributed by atoms with E-state index in [0.29, 0.717) is 29.4 Å². The lowest BCUT2D eigenvalue weighted by molar-refractivity contribution is -0.118. The first-order valence-corrected chi connectivity index (χ1v) is 13.5. The van der Waals surface area contributed by atoms with Gasteiger partial charge in [0.15, 0.2) is 5.13 Å². The van der Waals surface area contributed by atoms with Crippen LogP contribution in [0.25, 0.3) is 11.3 Å². The molecule has 0 spiro atoms. The quantitative estimate of drug-likeness (QED) is 0.176. The van der Waals surface area contributed by atoms with E-state index in [9.17, 15) is 18.0 Å². The highest BCUT2D eigenvalue weighted by Gasteiger charge is 2.22. The van der Waals surface area contributed by atoms with Crippen molar-refractivity contribution in [3.05, 3.63) is 65.5 Å². The second kappa shape index (κ2) is 13.0. The van der Waals surface area contributed by atoms with E-state index in [1.54, 1.807) is 17.5 Å². The third-order valence-electron chi connectivity index (χ3n) is 4.98. The monoisotopic (exact) mass is 532 g/mol. The normalized spacial score (nSPS) is 12.0. The Kier molecular flexibility index (Phi) is 9.76. The number of thiazole rings is 1. The number of nitrogens with one attached hydrogen (secondary N) is 3. The maximum Gasteiger partial charge on any atom is 0.408 e. The first-order chi connectivity index (χ1) is 17.2. The van der Waals surface area contributed by atoms with Crippen molar-refractivity contribution in [2.75, 3.05) is 17.6 Å². The van der Waals surface area contributed by atoms with Crippen LogP contribution in [0.4, 0.5) is 15.6 Å². The smallest absolute Gasteiger partial charge is 0.408 e. The minimum atomic E-state index is -3.79. The van der Waals surface area contributed by atoms with E-state index < -0.39 is 28.3 Å². The highest BCUT2D eigenvalue weighted by Crippen LogP contribution is 2.25. The lowest BCUT2D eigenvalue weighted by Gasteiger charge is -2.17. The van der Waals surface area contributed by atoms with Crippen LogP contribution in [-0.4, -0.2) is 38.0 Å². The number of nitrogens with two attached hydrogens (primary N) is 2. The Morgan fingerprint density at radius 2 is 1.78 bits per heavy atom. The van der Waals surface area contributed by atoms with Gasteiger partial charge in [-0.25, -0.2) is 19.6 Å². The summed E-state index contributed by atoms with van der Waals surface area (Å²) in [4.78, 5) is 29.8. The molecule has 0 radical (unpaired) electrons. The van der Waals surface area contributed by atoms with Crippen molar-refractivity contribution in [1.82, 2.24) is 15.0 Å². The van der Waals surface area contributed by atoms with Crippen LogP contribution in [0.2, 0.25) is 0 Å². The third kappa shape index (κ3) is 9.26. The van der Waals surface area contributed by atoms with Gasteiger partial charge < -0.3 is 21.1 Å². The van der Waals surface area contributed by atoms with Crippen molar-refractivity contribution < 1.29 is 22.7 Å². The van der Waals surface area contributed by atoms with Crippen LogP contribution in [0, 0.1) is 0 Å². The summed E-state index contributed by atoms with van der Waals surface area (Å²) < 4.78 is 29.5. The molecule has 3 aromatic rings. The number of carbonyl (C=O) groups is 2. The number of carbonyl (C=O) groups excluding carboxylic acids is 2. The maximum atomic E-state index is 13.0. The van der Waals surface area contributed by atoms with Crippen LogP contribution in [0.5, 0.6) is 0 Å². The van der Waals surface area contributed by atoms with E-state index in [-0.39, 0.29) is 19.6 Å². The second-order valence-corrected chi connectivity index (χ2v) is 10.1. The van der Waals surface area contributed by atoms with Gasteiger partial charge in [-0.1, -0.05) is 42.5 Å². The number of amides is 2. The van der Waals surface area contributed by atoms with Crippen LogP contribution < -0.4 is 26.2 Å². The summed E-state index contributed by atoms with van der Waals surface area (Å²) >= 11 is 1.25. The average Bonchev–Trinajstić information content (AvgIpc) is 3.30. The number of rotatable bonds is 12. The zero-order valence-electron chi connectivity index (χ0n) is 19.3. The summed E-state index contributed by atoms with van der Waals surface area (Å²) in [7, 11) is -3.79. The van der Waals surface area contributed by atoms with Gasteiger partial charge in [0.25, 0.3) is 10.2 Å². The fraction of sp³-hybridized carbons (Fsp3) is 0.261. The lowest BCUT2D eigenvalue weighted by atomic mass is 10.1. The molecular weight excluding hydrogens is 504 g/mol. The summed E-state index contributed by atoms with van der Waals surface area (Å²) in [5, 5.41) is 12.4.